The van der Waals surface area contributed by atoms with Crippen LogP contribution in [0.5, 0.6) is 0 Å². The van der Waals surface area contributed by atoms with Crippen LogP contribution >= 0.6 is 0 Å². The highest BCUT2D eigenvalue weighted by atomic mass is 15.3. The van der Waals surface area contributed by atoms with E-state index in [4.69, 9.17) is 0 Å². The predicted octanol–water partition coefficient (Wildman–Crippen LogP) is 2.18. The van der Waals surface area contributed by atoms with Gasteiger partial charge in [0, 0.05) is 31.2 Å². The van der Waals surface area contributed by atoms with E-state index >= 15 is 0 Å². The van der Waals surface area contributed by atoms with E-state index in [1.54, 1.807) is 0 Å². The average molecular weight is 267 g/mol. The quantitative estimate of drug-likeness (QED) is 0.842. The first-order chi connectivity index (χ1) is 9.17. The molecule has 0 radical (unpaired) electrons. The number of rotatable bonds is 4. The third-order valence-electron chi connectivity index (χ3n) is 5.48. The van der Waals surface area contributed by atoms with Gasteiger partial charge >= 0.3 is 0 Å². The topological polar surface area (TPSA) is 18.5 Å². The molecule has 2 aliphatic heterocycles. The van der Waals surface area contributed by atoms with E-state index in [9.17, 15) is 0 Å². The zero-order chi connectivity index (χ0) is 13.8. The van der Waals surface area contributed by atoms with Crippen molar-refractivity contribution in [3.8, 4) is 0 Å². The number of likely N-dealkylation sites (N-methyl/N-ethyl adjacent to an activating group) is 1. The molecule has 1 N–H and O–H groups in total. The lowest BCUT2D eigenvalue weighted by molar-refractivity contribution is 0.0143. The molecule has 2 rings (SSSR count). The Morgan fingerprint density at radius 1 is 1.11 bits per heavy atom. The molecule has 3 nitrogen and oxygen atoms in total. The lowest BCUT2D eigenvalue weighted by Gasteiger charge is -2.49. The molecule has 4 unspecified atom stereocenters. The van der Waals surface area contributed by atoms with E-state index in [1.807, 2.05) is 0 Å². The van der Waals surface area contributed by atoms with E-state index < -0.39 is 0 Å². The normalized spacial score (nSPS) is 38.5. The molecule has 4 atom stereocenters. The minimum atomic E-state index is 0.722. The molecule has 2 aliphatic rings. The molecule has 2 heterocycles. The second kappa shape index (κ2) is 7.05. The largest absolute Gasteiger partial charge is 0.314 e. The van der Waals surface area contributed by atoms with Crippen LogP contribution in [0.3, 0.4) is 0 Å². The van der Waals surface area contributed by atoms with Crippen LogP contribution in [0.1, 0.15) is 47.0 Å². The van der Waals surface area contributed by atoms with Crippen molar-refractivity contribution < 1.29 is 0 Å². The van der Waals surface area contributed by atoms with Crippen molar-refractivity contribution in [1.82, 2.24) is 15.1 Å². The number of piperidine rings is 2. The van der Waals surface area contributed by atoms with Gasteiger partial charge in [-0.3, -0.25) is 4.90 Å². The Hall–Kier alpha value is -0.120. The summed E-state index contributed by atoms with van der Waals surface area (Å²) >= 11 is 0. The van der Waals surface area contributed by atoms with E-state index in [1.165, 1.54) is 45.4 Å². The molecule has 0 aliphatic carbocycles. The Labute approximate surface area is 119 Å². The maximum Gasteiger partial charge on any atom is 0.0226 e. The molecule has 19 heavy (non-hydrogen) atoms. The van der Waals surface area contributed by atoms with E-state index in [0.717, 1.165) is 30.6 Å². The van der Waals surface area contributed by atoms with Crippen molar-refractivity contribution in [2.24, 2.45) is 5.92 Å². The molecule has 2 saturated heterocycles. The fourth-order valence-corrected chi connectivity index (χ4v) is 4.05. The summed E-state index contributed by atoms with van der Waals surface area (Å²) in [6.07, 6.45) is 4.11. The summed E-state index contributed by atoms with van der Waals surface area (Å²) in [6, 6.07) is 2.25. The molecule has 3 heteroatoms. The lowest BCUT2D eigenvalue weighted by Crippen LogP contribution is -2.59. The molecule has 0 aromatic rings. The average Bonchev–Trinajstić information content (AvgIpc) is 2.44. The van der Waals surface area contributed by atoms with Crippen molar-refractivity contribution in [2.45, 2.75) is 65.1 Å². The summed E-state index contributed by atoms with van der Waals surface area (Å²) in [5.74, 6) is 0.769. The fraction of sp³-hybridized carbons (Fsp3) is 1.00. The van der Waals surface area contributed by atoms with Gasteiger partial charge in [0.05, 0.1) is 0 Å². The Morgan fingerprint density at radius 3 is 2.58 bits per heavy atom. The van der Waals surface area contributed by atoms with Crippen LogP contribution in [-0.4, -0.2) is 60.6 Å². The highest BCUT2D eigenvalue weighted by Crippen LogP contribution is 2.28. The van der Waals surface area contributed by atoms with Gasteiger partial charge in [-0.2, -0.15) is 0 Å². The summed E-state index contributed by atoms with van der Waals surface area (Å²) in [5, 5.41) is 3.67. The van der Waals surface area contributed by atoms with Gasteiger partial charge in [0.15, 0.2) is 0 Å². The second-order valence-corrected chi connectivity index (χ2v) is 6.48. The molecule has 0 aromatic carbocycles. The van der Waals surface area contributed by atoms with Crippen molar-refractivity contribution in [2.75, 3.05) is 32.7 Å². The van der Waals surface area contributed by atoms with Gasteiger partial charge < -0.3 is 10.2 Å². The third kappa shape index (κ3) is 3.50. The van der Waals surface area contributed by atoms with Gasteiger partial charge in [0.2, 0.25) is 0 Å². The van der Waals surface area contributed by atoms with Gasteiger partial charge in [-0.1, -0.05) is 20.8 Å². The Kier molecular flexibility index (Phi) is 5.67. The number of hydrogen-bond acceptors (Lipinski definition) is 3. The third-order valence-corrected chi connectivity index (χ3v) is 5.48. The maximum atomic E-state index is 3.67. The molecule has 112 valence electrons. The predicted molar refractivity (Wildman–Crippen MR) is 82.5 cm³/mol. The van der Waals surface area contributed by atoms with Crippen LogP contribution in [0.4, 0.5) is 0 Å². The summed E-state index contributed by atoms with van der Waals surface area (Å²) in [7, 11) is 0. The van der Waals surface area contributed by atoms with Gasteiger partial charge in [0.25, 0.3) is 0 Å². The smallest absolute Gasteiger partial charge is 0.0226 e. The molecular formula is C16H33N3. The van der Waals surface area contributed by atoms with Crippen LogP contribution in [0.15, 0.2) is 0 Å². The minimum Gasteiger partial charge on any atom is -0.314 e. The van der Waals surface area contributed by atoms with Crippen molar-refractivity contribution in [3.63, 3.8) is 0 Å². The SMILES string of the molecule is CCNC1CCN(C2CCCN(CC)C2)C(C)C1C. The van der Waals surface area contributed by atoms with Crippen molar-refractivity contribution in [3.05, 3.63) is 0 Å². The molecule has 0 saturated carbocycles. The first-order valence-electron chi connectivity index (χ1n) is 8.38. The van der Waals surface area contributed by atoms with Crippen molar-refractivity contribution in [1.29, 1.82) is 0 Å². The lowest BCUT2D eigenvalue weighted by atomic mass is 9.85. The first-order valence-corrected chi connectivity index (χ1v) is 8.38. The number of hydrogen-bond donors (Lipinski definition) is 1. The van der Waals surface area contributed by atoms with Crippen LogP contribution in [0.2, 0.25) is 0 Å². The molecule has 0 amide bonds. The zero-order valence-corrected chi connectivity index (χ0v) is 13.4. The Bertz CT molecular complexity index is 269. The molecule has 2 fully saturated rings. The van der Waals surface area contributed by atoms with E-state index in [0.29, 0.717) is 0 Å². The minimum absolute atomic E-state index is 0.722. The summed E-state index contributed by atoms with van der Waals surface area (Å²) < 4.78 is 0. The zero-order valence-electron chi connectivity index (χ0n) is 13.4. The molecule has 0 spiro atoms. The molecule has 0 aromatic heterocycles. The van der Waals surface area contributed by atoms with Gasteiger partial charge in [-0.15, -0.1) is 0 Å². The monoisotopic (exact) mass is 267 g/mol. The second-order valence-electron chi connectivity index (χ2n) is 6.48. The highest BCUT2D eigenvalue weighted by Gasteiger charge is 2.36. The van der Waals surface area contributed by atoms with Crippen LogP contribution in [0.25, 0.3) is 0 Å². The van der Waals surface area contributed by atoms with E-state index in [-0.39, 0.29) is 0 Å². The standard InChI is InChI=1S/C16H33N3/c1-5-17-16-9-11-19(14(4)13(16)3)15-8-7-10-18(6-2)12-15/h13-17H,5-12H2,1-4H3. The summed E-state index contributed by atoms with van der Waals surface area (Å²) in [5.41, 5.74) is 0. The fourth-order valence-electron chi connectivity index (χ4n) is 4.05. The number of nitrogens with one attached hydrogen (secondary N) is 1. The molecular weight excluding hydrogens is 234 g/mol. The maximum absolute atomic E-state index is 3.67. The van der Waals surface area contributed by atoms with Crippen LogP contribution in [-0.2, 0) is 0 Å². The van der Waals surface area contributed by atoms with Gasteiger partial charge in [0.1, 0.15) is 0 Å². The number of nitrogens with zero attached hydrogens (tertiary/aromatic N) is 2. The number of likely N-dealkylation sites (tertiary alicyclic amines) is 2. The van der Waals surface area contributed by atoms with Crippen molar-refractivity contribution >= 4 is 0 Å². The summed E-state index contributed by atoms with van der Waals surface area (Å²) in [6.45, 7) is 15.6. The van der Waals surface area contributed by atoms with Crippen LogP contribution < -0.4 is 5.32 Å². The Balaban J connectivity index is 1.94. The molecule has 0 bridgehead atoms. The van der Waals surface area contributed by atoms with E-state index in [2.05, 4.69) is 42.8 Å². The van der Waals surface area contributed by atoms with Gasteiger partial charge in [-0.05, 0) is 51.7 Å². The van der Waals surface area contributed by atoms with Crippen LogP contribution in [0, 0.1) is 5.92 Å². The Morgan fingerprint density at radius 2 is 1.89 bits per heavy atom. The highest BCUT2D eigenvalue weighted by molar-refractivity contribution is 4.93. The summed E-state index contributed by atoms with van der Waals surface area (Å²) in [4.78, 5) is 5.43. The first kappa shape index (κ1) is 15.3. The van der Waals surface area contributed by atoms with Gasteiger partial charge in [-0.25, -0.2) is 0 Å².